The number of benzene rings is 2. The fourth-order valence-electron chi connectivity index (χ4n) is 7.53. The number of aliphatic hydroxyl groups is 1. The van der Waals surface area contributed by atoms with Crippen molar-refractivity contribution in [3.8, 4) is 0 Å². The molecule has 66 heavy (non-hydrogen) atoms. The number of carbonyl (C=O) groups excluding carboxylic acids is 8. The summed E-state index contributed by atoms with van der Waals surface area (Å²) in [5, 5.41) is 33.4. The molecule has 1 unspecified atom stereocenters. The predicted octanol–water partition coefficient (Wildman–Crippen LogP) is -1.27. The molecule has 2 aromatic carbocycles. The number of nitrogens with one attached hydrogen (secondary N) is 10. The van der Waals surface area contributed by atoms with E-state index >= 15 is 0 Å². The molecule has 0 radical (unpaired) electrons. The number of nitrogens with zero attached hydrogens (tertiary/aromatic N) is 1. The molecule has 21 heteroatoms. The van der Waals surface area contributed by atoms with Crippen LogP contribution in [0.5, 0.6) is 0 Å². The molecule has 7 atom stereocenters. The third kappa shape index (κ3) is 15.3. The molecule has 2 aromatic heterocycles. The van der Waals surface area contributed by atoms with Crippen LogP contribution in [-0.2, 0) is 57.6 Å². The Kier molecular flexibility index (Phi) is 18.7. The number of hydrogen-bond acceptors (Lipinski definition) is 11. The third-order valence-electron chi connectivity index (χ3n) is 11.1. The number of H-pyrrole nitrogens is 2. The lowest BCUT2D eigenvalue weighted by Crippen LogP contribution is -2.59. The predicted molar refractivity (Wildman–Crippen MR) is 241 cm³/mol. The van der Waals surface area contributed by atoms with Crippen molar-refractivity contribution in [2.45, 2.75) is 114 Å². The first-order valence-electron chi connectivity index (χ1n) is 22.0. The summed E-state index contributed by atoms with van der Waals surface area (Å²) < 4.78 is 0. The standard InChI is InChI=1S/C45H60N12O9/c1-3-4-13-32(52-26(2)58)42(63)54-33-15-16-38(59)48-18-17-34(44(65)55-35(40(46)61)20-28-22-49-31-14-9-8-12-30(28)31)53-39(60)24-50-41(62)36(19-27-10-6-5-7-11-27)56-45(66)37(57-43(33)64)21-29-23-47-25-51-29/h5-12,14,22-23,25,32-37,39,49,53,60H,3-4,13,15-21,24H2,1-2H3,(H2,46,61)(H,47,51)(H,48,59)(H,50,62)(H,52,58)(H,54,63)(H,55,65)(H,56,66)(H,57,64)/t32-,33-,34-,35-,36+,37-,39?/m0/s1. The van der Waals surface area contributed by atoms with Crippen LogP contribution in [0.25, 0.3) is 10.9 Å². The number of fused-ring (bicyclic) bond motifs is 1. The van der Waals surface area contributed by atoms with E-state index in [4.69, 9.17) is 5.73 Å². The fraction of sp³-hybridized carbons (Fsp3) is 0.444. The number of para-hydroxylation sites is 1. The first kappa shape index (κ1) is 49.9. The van der Waals surface area contributed by atoms with Gasteiger partial charge < -0.3 is 58.0 Å². The number of hydrogen-bond donors (Lipinski definition) is 12. The van der Waals surface area contributed by atoms with E-state index < -0.39 is 96.3 Å². The highest BCUT2D eigenvalue weighted by molar-refractivity contribution is 5.96. The van der Waals surface area contributed by atoms with Crippen LogP contribution in [0.3, 0.4) is 0 Å². The van der Waals surface area contributed by atoms with Gasteiger partial charge in [0.25, 0.3) is 0 Å². The van der Waals surface area contributed by atoms with Crippen LogP contribution in [0.4, 0.5) is 0 Å². The van der Waals surface area contributed by atoms with Crippen LogP contribution < -0.4 is 48.3 Å². The van der Waals surface area contributed by atoms with Gasteiger partial charge in [0.1, 0.15) is 36.4 Å². The number of rotatable bonds is 15. The Morgan fingerprint density at radius 1 is 0.864 bits per heavy atom. The molecule has 1 aliphatic heterocycles. The van der Waals surface area contributed by atoms with Gasteiger partial charge in [-0.1, -0.05) is 68.3 Å². The maximum atomic E-state index is 14.2. The zero-order valence-corrected chi connectivity index (χ0v) is 37.0. The van der Waals surface area contributed by atoms with Gasteiger partial charge in [0.2, 0.25) is 47.3 Å². The smallest absolute Gasteiger partial charge is 0.243 e. The van der Waals surface area contributed by atoms with Gasteiger partial charge in [-0.2, -0.15) is 0 Å². The van der Waals surface area contributed by atoms with Crippen LogP contribution in [0, 0.1) is 0 Å². The van der Waals surface area contributed by atoms with E-state index in [0.717, 1.165) is 22.9 Å². The van der Waals surface area contributed by atoms with Gasteiger partial charge in [-0.25, -0.2) is 4.98 Å². The molecule has 13 N–H and O–H groups in total. The lowest BCUT2D eigenvalue weighted by molar-refractivity contribution is -0.135. The molecular weight excluding hydrogens is 853 g/mol. The van der Waals surface area contributed by atoms with E-state index in [9.17, 15) is 43.5 Å². The average molecular weight is 913 g/mol. The summed E-state index contributed by atoms with van der Waals surface area (Å²) in [5.74, 6) is -5.57. The van der Waals surface area contributed by atoms with Gasteiger partial charge in [-0.3, -0.25) is 43.7 Å². The molecule has 0 bridgehead atoms. The van der Waals surface area contributed by atoms with Crippen molar-refractivity contribution < 1.29 is 43.5 Å². The second-order valence-electron chi connectivity index (χ2n) is 16.2. The number of unbranched alkanes of at least 4 members (excludes halogenated alkanes) is 1. The van der Waals surface area contributed by atoms with Gasteiger partial charge >= 0.3 is 0 Å². The normalized spacial score (nSPS) is 21.3. The summed E-state index contributed by atoms with van der Waals surface area (Å²) in [7, 11) is 0. The second-order valence-corrected chi connectivity index (χ2v) is 16.2. The van der Waals surface area contributed by atoms with Crippen LogP contribution in [0.15, 0.2) is 73.3 Å². The molecule has 4 aromatic rings. The number of carbonyl (C=O) groups is 8. The zero-order chi connectivity index (χ0) is 47.6. The van der Waals surface area contributed by atoms with Crippen molar-refractivity contribution >= 4 is 58.2 Å². The van der Waals surface area contributed by atoms with Crippen LogP contribution in [0.2, 0.25) is 0 Å². The number of aromatic amines is 2. The van der Waals surface area contributed by atoms with Gasteiger partial charge in [-0.05, 0) is 36.5 Å². The lowest BCUT2D eigenvalue weighted by Gasteiger charge is -2.27. The Morgan fingerprint density at radius 2 is 1.59 bits per heavy atom. The maximum absolute atomic E-state index is 14.2. The van der Waals surface area contributed by atoms with E-state index in [-0.39, 0.29) is 51.5 Å². The van der Waals surface area contributed by atoms with Crippen molar-refractivity contribution in [1.29, 1.82) is 0 Å². The first-order valence-corrected chi connectivity index (χ1v) is 22.0. The number of amides is 8. The van der Waals surface area contributed by atoms with E-state index in [1.54, 1.807) is 36.5 Å². The van der Waals surface area contributed by atoms with Crippen LogP contribution in [-0.4, -0.2) is 123 Å². The fourth-order valence-corrected chi connectivity index (χ4v) is 7.53. The molecule has 3 heterocycles. The van der Waals surface area contributed by atoms with E-state index in [1.807, 2.05) is 31.2 Å². The number of nitrogens with two attached hydrogens (primary N) is 1. The Labute approximate surface area is 381 Å². The van der Waals surface area contributed by atoms with E-state index in [0.29, 0.717) is 17.7 Å². The number of primary amides is 1. The van der Waals surface area contributed by atoms with Crippen molar-refractivity contribution in [2.75, 3.05) is 13.1 Å². The Bertz CT molecular complexity index is 2290. The topological polar surface area (TPSA) is 324 Å². The highest BCUT2D eigenvalue weighted by Gasteiger charge is 2.33. The Balaban J connectivity index is 1.42. The minimum absolute atomic E-state index is 0.00259. The average Bonchev–Trinajstić information content (AvgIpc) is 3.97. The third-order valence-corrected chi connectivity index (χ3v) is 11.1. The molecule has 1 aliphatic rings. The Morgan fingerprint density at radius 3 is 2.30 bits per heavy atom. The van der Waals surface area contributed by atoms with Gasteiger partial charge in [0, 0.05) is 68.1 Å². The van der Waals surface area contributed by atoms with Crippen molar-refractivity contribution in [2.24, 2.45) is 5.73 Å². The summed E-state index contributed by atoms with van der Waals surface area (Å²) in [6, 6.07) is 8.83. The quantitative estimate of drug-likeness (QED) is 0.0668. The molecule has 8 amide bonds. The number of β-amino-alcohol motifs (C(OH)–C–C–N with tert-alkyl or cyclic N) is 1. The van der Waals surface area contributed by atoms with Gasteiger partial charge in [0.05, 0.1) is 18.9 Å². The SMILES string of the molecule is CCCC[C@H](NC(C)=O)C(=O)N[C@H]1CCC(=O)NCC[C@@H](C(=O)N[C@@H](Cc2c[nH]c3ccccc23)C(N)=O)NC(O)CNC(=O)[C@@H](Cc2ccccc2)NC(=O)[C@H](Cc2cnc[nH]2)NC1=O. The number of imidazole rings is 1. The molecule has 0 aliphatic carbocycles. The van der Waals surface area contributed by atoms with Crippen molar-refractivity contribution in [1.82, 2.24) is 57.5 Å². The summed E-state index contributed by atoms with van der Waals surface area (Å²) >= 11 is 0. The van der Waals surface area contributed by atoms with E-state index in [1.165, 1.54) is 19.4 Å². The molecule has 1 saturated heterocycles. The molecule has 0 saturated carbocycles. The molecule has 5 rings (SSSR count). The summed E-state index contributed by atoms with van der Waals surface area (Å²) in [6.07, 6.45) is 3.81. The monoisotopic (exact) mass is 912 g/mol. The summed E-state index contributed by atoms with van der Waals surface area (Å²) in [5.41, 5.74) is 8.42. The molecule has 1 fully saturated rings. The maximum Gasteiger partial charge on any atom is 0.243 e. The van der Waals surface area contributed by atoms with Crippen molar-refractivity contribution in [3.05, 3.63) is 90.1 Å². The van der Waals surface area contributed by atoms with Crippen LogP contribution >= 0.6 is 0 Å². The molecule has 21 nitrogen and oxygen atoms in total. The number of aromatic nitrogens is 3. The second kappa shape index (κ2) is 24.8. The number of aliphatic hydroxyl groups excluding tert-OH is 1. The molecule has 0 spiro atoms. The lowest BCUT2D eigenvalue weighted by atomic mass is 10.0. The zero-order valence-electron chi connectivity index (χ0n) is 37.0. The summed E-state index contributed by atoms with van der Waals surface area (Å²) in [4.78, 5) is 118. The van der Waals surface area contributed by atoms with E-state index in [2.05, 4.69) is 57.5 Å². The first-order chi connectivity index (χ1) is 31.7. The van der Waals surface area contributed by atoms with Crippen molar-refractivity contribution in [3.63, 3.8) is 0 Å². The van der Waals surface area contributed by atoms with Gasteiger partial charge in [-0.15, -0.1) is 0 Å². The minimum Gasteiger partial charge on any atom is -0.377 e. The highest BCUT2D eigenvalue weighted by Crippen LogP contribution is 2.19. The van der Waals surface area contributed by atoms with Crippen LogP contribution in [0.1, 0.15) is 69.2 Å². The highest BCUT2D eigenvalue weighted by atomic mass is 16.3. The summed E-state index contributed by atoms with van der Waals surface area (Å²) in [6.45, 7) is 2.59. The largest absolute Gasteiger partial charge is 0.377 e. The minimum atomic E-state index is -1.55. The van der Waals surface area contributed by atoms with Gasteiger partial charge in [0.15, 0.2) is 0 Å². The Hall–Kier alpha value is -7.13. The molecular formula is C45H60N12O9. The molecule has 354 valence electrons.